The van der Waals surface area contributed by atoms with Crippen molar-refractivity contribution in [3.8, 4) is 0 Å². The molecule has 0 aromatic carbocycles. The number of aromatic nitrogens is 4. The van der Waals surface area contributed by atoms with Gasteiger partial charge in [0, 0.05) is 63.0 Å². The van der Waals surface area contributed by atoms with Crippen molar-refractivity contribution in [3.05, 3.63) is 29.6 Å². The van der Waals surface area contributed by atoms with Crippen LogP contribution >= 0.6 is 0 Å². The van der Waals surface area contributed by atoms with Gasteiger partial charge in [-0.1, -0.05) is 6.92 Å². The summed E-state index contributed by atoms with van der Waals surface area (Å²) in [6, 6.07) is 0. The molecule has 9 nitrogen and oxygen atoms in total. The molecular weight excluding hydrogens is 454 g/mol. The van der Waals surface area contributed by atoms with Crippen LogP contribution in [0.3, 0.4) is 0 Å². The number of fused-ring (bicyclic) bond motifs is 1. The minimum Gasteiger partial charge on any atom is -0.381 e. The van der Waals surface area contributed by atoms with Crippen LogP contribution in [0.25, 0.3) is 0 Å². The van der Waals surface area contributed by atoms with Crippen molar-refractivity contribution in [2.24, 2.45) is 0 Å². The fourth-order valence-corrected chi connectivity index (χ4v) is 6.63. The zero-order valence-corrected chi connectivity index (χ0v) is 21.6. The van der Waals surface area contributed by atoms with Gasteiger partial charge < -0.3 is 29.5 Å². The molecule has 0 saturated carbocycles. The lowest BCUT2D eigenvalue weighted by Crippen LogP contribution is -2.37. The van der Waals surface area contributed by atoms with Crippen LogP contribution in [-0.2, 0) is 11.3 Å². The van der Waals surface area contributed by atoms with Crippen LogP contribution in [0, 0.1) is 0 Å². The summed E-state index contributed by atoms with van der Waals surface area (Å²) in [6.07, 6.45) is 11.1. The van der Waals surface area contributed by atoms with Crippen molar-refractivity contribution in [1.29, 1.82) is 0 Å². The Kier molecular flexibility index (Phi) is 7.13. The number of anilines is 2. The molecule has 3 fully saturated rings. The Morgan fingerprint density at radius 1 is 1.00 bits per heavy atom. The highest BCUT2D eigenvalue weighted by Gasteiger charge is 2.32. The predicted octanol–water partition coefficient (Wildman–Crippen LogP) is 3.28. The highest BCUT2D eigenvalue weighted by Crippen LogP contribution is 2.40. The zero-order valence-electron chi connectivity index (χ0n) is 21.6. The Labute approximate surface area is 214 Å². The predicted molar refractivity (Wildman–Crippen MR) is 140 cm³/mol. The second-order valence-electron chi connectivity index (χ2n) is 11.2. The number of imidazole rings is 1. The first kappa shape index (κ1) is 24.1. The molecule has 1 unspecified atom stereocenters. The molecule has 0 spiro atoms. The number of likely N-dealkylation sites (tertiary alicyclic amines) is 1. The Morgan fingerprint density at radius 2 is 1.78 bits per heavy atom. The van der Waals surface area contributed by atoms with Gasteiger partial charge in [-0.15, -0.1) is 0 Å². The van der Waals surface area contributed by atoms with Crippen molar-refractivity contribution in [2.45, 2.75) is 82.4 Å². The van der Waals surface area contributed by atoms with Crippen LogP contribution < -0.4 is 10.2 Å². The average molecular weight is 496 g/mol. The molecule has 2 N–H and O–H groups in total. The third-order valence-electron chi connectivity index (χ3n) is 8.72. The lowest BCUT2D eigenvalue weighted by atomic mass is 9.92. The number of piperidine rings is 1. The second kappa shape index (κ2) is 10.6. The van der Waals surface area contributed by atoms with E-state index in [1.54, 1.807) is 6.33 Å². The SMILES string of the molecule is C[C@@H]1CC(O)Nc2ncnc(N3CCC(c4nc(C5CCOCC5)cn4CCN4CCCC4)CC3)c21. The van der Waals surface area contributed by atoms with E-state index in [2.05, 4.69) is 37.8 Å². The molecule has 0 bridgehead atoms. The standard InChI is InChI=1S/C27H41N7O2/c1-19-16-23(35)31-25-24(19)27(29-18-28-25)33-10-4-21(5-11-33)26-30-22(20-6-14-36-15-7-20)17-34(26)13-12-32-8-2-3-9-32/h17-21,23,35H,2-16H2,1H3,(H,28,29,31)/t19-,23?/m1/s1. The van der Waals surface area contributed by atoms with E-state index in [0.717, 1.165) is 82.3 Å². The molecule has 2 aromatic rings. The molecule has 0 radical (unpaired) electrons. The van der Waals surface area contributed by atoms with Gasteiger partial charge in [0.1, 0.15) is 30.0 Å². The number of ether oxygens (including phenoxy) is 1. The van der Waals surface area contributed by atoms with Crippen molar-refractivity contribution < 1.29 is 9.84 Å². The van der Waals surface area contributed by atoms with Gasteiger partial charge >= 0.3 is 0 Å². The van der Waals surface area contributed by atoms with E-state index in [-0.39, 0.29) is 5.92 Å². The molecule has 2 atom stereocenters. The van der Waals surface area contributed by atoms with Crippen LogP contribution in [0.15, 0.2) is 12.5 Å². The van der Waals surface area contributed by atoms with Crippen molar-refractivity contribution in [3.63, 3.8) is 0 Å². The zero-order chi connectivity index (χ0) is 24.5. The molecule has 0 aliphatic carbocycles. The number of hydrogen-bond donors (Lipinski definition) is 2. The minimum absolute atomic E-state index is 0.233. The van der Waals surface area contributed by atoms with Gasteiger partial charge in [0.05, 0.1) is 5.69 Å². The highest BCUT2D eigenvalue weighted by molar-refractivity contribution is 5.62. The normalized spacial score (nSPS) is 26.2. The first-order valence-electron chi connectivity index (χ1n) is 14.1. The van der Waals surface area contributed by atoms with Crippen LogP contribution in [0.2, 0.25) is 0 Å². The summed E-state index contributed by atoms with van der Waals surface area (Å²) in [7, 11) is 0. The number of rotatable bonds is 6. The molecule has 9 heteroatoms. The molecule has 0 amide bonds. The maximum atomic E-state index is 10.1. The molecule has 196 valence electrons. The van der Waals surface area contributed by atoms with E-state index in [1.165, 1.54) is 37.4 Å². The van der Waals surface area contributed by atoms with Gasteiger partial charge in [-0.2, -0.15) is 0 Å². The average Bonchev–Trinajstić information content (AvgIpc) is 3.58. The van der Waals surface area contributed by atoms with E-state index < -0.39 is 6.23 Å². The summed E-state index contributed by atoms with van der Waals surface area (Å²) in [5, 5.41) is 13.3. The quantitative estimate of drug-likeness (QED) is 0.631. The molecule has 6 heterocycles. The topological polar surface area (TPSA) is 91.6 Å². The molecular formula is C27H41N7O2. The minimum atomic E-state index is -0.537. The van der Waals surface area contributed by atoms with Crippen molar-refractivity contribution >= 4 is 11.6 Å². The van der Waals surface area contributed by atoms with Gasteiger partial charge in [-0.05, 0) is 64.0 Å². The summed E-state index contributed by atoms with van der Waals surface area (Å²) in [6.45, 7) is 10.4. The van der Waals surface area contributed by atoms with E-state index in [4.69, 9.17) is 14.7 Å². The van der Waals surface area contributed by atoms with Gasteiger partial charge in [0.15, 0.2) is 0 Å². The molecule has 6 rings (SSSR count). The Hall–Kier alpha value is -2.23. The van der Waals surface area contributed by atoms with Crippen LogP contribution in [0.1, 0.15) is 86.7 Å². The maximum Gasteiger partial charge on any atom is 0.137 e. The fraction of sp³-hybridized carbons (Fsp3) is 0.741. The lowest BCUT2D eigenvalue weighted by molar-refractivity contribution is 0.0845. The van der Waals surface area contributed by atoms with Gasteiger partial charge in [0.25, 0.3) is 0 Å². The number of aliphatic hydroxyl groups excluding tert-OH is 1. The summed E-state index contributed by atoms with van der Waals surface area (Å²) in [5.41, 5.74) is 2.43. The van der Waals surface area contributed by atoms with E-state index in [0.29, 0.717) is 18.3 Å². The van der Waals surface area contributed by atoms with E-state index in [9.17, 15) is 5.11 Å². The Balaban J connectivity index is 1.18. The van der Waals surface area contributed by atoms with E-state index in [1.807, 2.05) is 0 Å². The summed E-state index contributed by atoms with van der Waals surface area (Å²) < 4.78 is 8.11. The second-order valence-corrected chi connectivity index (χ2v) is 11.2. The smallest absolute Gasteiger partial charge is 0.137 e. The van der Waals surface area contributed by atoms with Gasteiger partial charge in [-0.25, -0.2) is 15.0 Å². The molecule has 4 aliphatic heterocycles. The van der Waals surface area contributed by atoms with Crippen LogP contribution in [0.4, 0.5) is 11.6 Å². The third-order valence-corrected chi connectivity index (χ3v) is 8.72. The van der Waals surface area contributed by atoms with Crippen molar-refractivity contribution in [1.82, 2.24) is 24.4 Å². The number of nitrogens with one attached hydrogen (secondary N) is 1. The monoisotopic (exact) mass is 495 g/mol. The van der Waals surface area contributed by atoms with Crippen LogP contribution in [0.5, 0.6) is 0 Å². The number of aliphatic hydroxyl groups is 1. The molecule has 3 saturated heterocycles. The van der Waals surface area contributed by atoms with Gasteiger partial charge in [-0.3, -0.25) is 0 Å². The van der Waals surface area contributed by atoms with E-state index >= 15 is 0 Å². The van der Waals surface area contributed by atoms with Gasteiger partial charge in [0.2, 0.25) is 0 Å². The molecule has 36 heavy (non-hydrogen) atoms. The number of hydrogen-bond acceptors (Lipinski definition) is 8. The summed E-state index contributed by atoms with van der Waals surface area (Å²) >= 11 is 0. The summed E-state index contributed by atoms with van der Waals surface area (Å²) in [5.74, 6) is 4.35. The molecule has 4 aliphatic rings. The number of nitrogens with zero attached hydrogens (tertiary/aromatic N) is 6. The van der Waals surface area contributed by atoms with Crippen LogP contribution in [-0.4, -0.2) is 81.7 Å². The van der Waals surface area contributed by atoms with Crippen molar-refractivity contribution in [2.75, 3.05) is 56.2 Å². The third kappa shape index (κ3) is 4.97. The fourth-order valence-electron chi connectivity index (χ4n) is 6.63. The first-order chi connectivity index (χ1) is 17.7. The maximum absolute atomic E-state index is 10.1. The highest BCUT2D eigenvalue weighted by atomic mass is 16.5. The largest absolute Gasteiger partial charge is 0.381 e. The first-order valence-corrected chi connectivity index (χ1v) is 14.1. The molecule has 2 aromatic heterocycles. The lowest BCUT2D eigenvalue weighted by Gasteiger charge is -2.36. The Morgan fingerprint density at radius 3 is 2.56 bits per heavy atom. The Bertz CT molecular complexity index is 1020. The summed E-state index contributed by atoms with van der Waals surface area (Å²) in [4.78, 5) is 19.4.